The van der Waals surface area contributed by atoms with Gasteiger partial charge in [-0.3, -0.25) is 0 Å². The Bertz CT molecular complexity index is 1320. The second-order valence-electron chi connectivity index (χ2n) is 14.9. The molecule has 1 heterocycles. The molecule has 1 aromatic rings. The van der Waals surface area contributed by atoms with Gasteiger partial charge < -0.3 is 34.6 Å². The van der Waals surface area contributed by atoms with Crippen LogP contribution >= 0.6 is 11.8 Å². The maximum absolute atomic E-state index is 13.0. The van der Waals surface area contributed by atoms with E-state index in [1.807, 2.05) is 30.0 Å². The van der Waals surface area contributed by atoms with Crippen LogP contribution in [0.1, 0.15) is 134 Å². The largest absolute Gasteiger partial charge is 0.460 e. The van der Waals surface area contributed by atoms with Crippen LogP contribution in [0.3, 0.4) is 0 Å². The van der Waals surface area contributed by atoms with Gasteiger partial charge in [0.2, 0.25) is 5.79 Å². The normalized spacial score (nSPS) is 25.2. The zero-order chi connectivity index (χ0) is 37.9. The topological polar surface area (TPSA) is 119 Å². The Labute approximate surface area is 323 Å². The number of carbonyl (C=O) groups excluding carboxylic acids is 1. The number of hydrogen-bond donors (Lipinski definition) is 3. The first kappa shape index (κ1) is 43.2. The van der Waals surface area contributed by atoms with E-state index in [-0.39, 0.29) is 42.1 Å². The number of benzene rings is 1. The highest BCUT2D eigenvalue weighted by molar-refractivity contribution is 8.00. The van der Waals surface area contributed by atoms with Gasteiger partial charge in [-0.2, -0.15) is 11.8 Å². The fourth-order valence-electron chi connectivity index (χ4n) is 8.80. The highest BCUT2D eigenvalue weighted by Gasteiger charge is 2.63. The second-order valence-corrected chi connectivity index (χ2v) is 16.4. The van der Waals surface area contributed by atoms with Gasteiger partial charge in [-0.1, -0.05) is 102 Å². The molecule has 1 saturated carbocycles. The Morgan fingerprint density at radius 1 is 1.00 bits per heavy atom. The minimum absolute atomic E-state index is 0.0399. The number of oxime groups is 1. The van der Waals surface area contributed by atoms with E-state index in [9.17, 15) is 15.0 Å². The van der Waals surface area contributed by atoms with E-state index >= 15 is 0 Å². The second kappa shape index (κ2) is 23.4. The molecule has 53 heavy (non-hydrogen) atoms. The van der Waals surface area contributed by atoms with Gasteiger partial charge in [-0.15, -0.1) is 6.58 Å². The zero-order valence-corrected chi connectivity index (χ0v) is 33.6. The van der Waals surface area contributed by atoms with Gasteiger partial charge in [-0.05, 0) is 73.5 Å². The number of ether oxygens (including phenoxy) is 3. The molecule has 0 saturated heterocycles. The van der Waals surface area contributed by atoms with Gasteiger partial charge in [-0.25, -0.2) is 4.79 Å². The van der Waals surface area contributed by atoms with Crippen LogP contribution < -0.4 is 14.8 Å². The van der Waals surface area contributed by atoms with Crippen LogP contribution in [-0.2, 0) is 9.57 Å². The van der Waals surface area contributed by atoms with Crippen molar-refractivity contribution >= 4 is 23.6 Å². The molecular weight excluding hydrogens is 689 g/mol. The number of aliphatic hydroxyl groups excluding tert-OH is 2. The molecule has 0 aromatic heterocycles. The lowest BCUT2D eigenvalue weighted by atomic mass is 9.56. The van der Waals surface area contributed by atoms with Crippen LogP contribution in [0.5, 0.6) is 11.5 Å². The van der Waals surface area contributed by atoms with Crippen LogP contribution in [0.4, 0.5) is 4.79 Å². The molecule has 9 nitrogen and oxygen atoms in total. The van der Waals surface area contributed by atoms with Crippen molar-refractivity contribution in [3.05, 3.63) is 48.1 Å². The maximum Gasteiger partial charge on any atom is 0.412 e. The average Bonchev–Trinajstić information content (AvgIpc) is 3.15. The van der Waals surface area contributed by atoms with E-state index in [1.54, 1.807) is 13.2 Å². The van der Waals surface area contributed by atoms with E-state index in [2.05, 4.69) is 37.0 Å². The maximum atomic E-state index is 13.0. The lowest BCUT2D eigenvalue weighted by molar-refractivity contribution is -0.223. The molecule has 4 rings (SSSR count). The summed E-state index contributed by atoms with van der Waals surface area (Å²) in [6, 6.07) is 5.75. The molecule has 298 valence electrons. The lowest BCUT2D eigenvalue weighted by Gasteiger charge is -2.58. The number of hydrogen-bond acceptors (Lipinski definition) is 9. The van der Waals surface area contributed by atoms with Gasteiger partial charge in [0.1, 0.15) is 18.6 Å². The highest BCUT2D eigenvalue weighted by atomic mass is 32.2. The zero-order valence-electron chi connectivity index (χ0n) is 32.8. The number of fused-ring (bicyclic) bond motifs is 2. The van der Waals surface area contributed by atoms with Crippen LogP contribution in [-0.4, -0.2) is 72.3 Å². The van der Waals surface area contributed by atoms with Gasteiger partial charge in [0.25, 0.3) is 0 Å². The molecule has 1 amide bonds. The van der Waals surface area contributed by atoms with E-state index in [4.69, 9.17) is 19.0 Å². The summed E-state index contributed by atoms with van der Waals surface area (Å²) in [5, 5.41) is 27.0. The van der Waals surface area contributed by atoms with Crippen molar-refractivity contribution in [3.8, 4) is 11.5 Å². The van der Waals surface area contributed by atoms with Crippen LogP contribution in [0.2, 0.25) is 0 Å². The SMILES string of the molecule is C=CCOC12Oc3ccc(OC(=O)NCCCCCCCCCCCC)cc3C3C(CCCCO)C(CCCCO)C=C(C(=NOC)CC1SCC)C32. The van der Waals surface area contributed by atoms with E-state index in [1.165, 1.54) is 51.4 Å². The van der Waals surface area contributed by atoms with Gasteiger partial charge in [0.05, 0.1) is 23.5 Å². The van der Waals surface area contributed by atoms with Crippen molar-refractivity contribution in [1.29, 1.82) is 0 Å². The van der Waals surface area contributed by atoms with Crippen LogP contribution in [0, 0.1) is 17.8 Å². The van der Waals surface area contributed by atoms with Crippen LogP contribution in [0.15, 0.2) is 47.7 Å². The van der Waals surface area contributed by atoms with Gasteiger partial charge in [0.15, 0.2) is 0 Å². The first-order valence-corrected chi connectivity index (χ1v) is 21.7. The Morgan fingerprint density at radius 2 is 1.70 bits per heavy atom. The number of thioether (sulfide) groups is 1. The highest BCUT2D eigenvalue weighted by Crippen LogP contribution is 2.62. The number of aliphatic hydroxyl groups is 2. The molecule has 1 fully saturated rings. The molecule has 0 spiro atoms. The number of nitrogens with one attached hydrogen (secondary N) is 1. The monoisotopic (exact) mass is 756 g/mol. The summed E-state index contributed by atoms with van der Waals surface area (Å²) in [4.78, 5) is 18.5. The van der Waals surface area contributed by atoms with Crippen LogP contribution in [0.25, 0.3) is 0 Å². The first-order chi connectivity index (χ1) is 26.0. The molecule has 2 aliphatic carbocycles. The summed E-state index contributed by atoms with van der Waals surface area (Å²) in [6.45, 7) is 9.61. The number of amides is 1. The van der Waals surface area contributed by atoms with E-state index in [0.717, 1.165) is 79.7 Å². The van der Waals surface area contributed by atoms with E-state index in [0.29, 0.717) is 25.3 Å². The predicted octanol–water partition coefficient (Wildman–Crippen LogP) is 9.71. The Morgan fingerprint density at radius 3 is 2.36 bits per heavy atom. The minimum atomic E-state index is -0.981. The quantitative estimate of drug-likeness (QED) is 0.0486. The third-order valence-electron chi connectivity index (χ3n) is 11.2. The van der Waals surface area contributed by atoms with Crippen molar-refractivity contribution in [3.63, 3.8) is 0 Å². The summed E-state index contributed by atoms with van der Waals surface area (Å²) in [7, 11) is 1.60. The molecule has 3 N–H and O–H groups in total. The standard InChI is InChI=1S/C43H68N2O7S/c1-5-8-9-10-11-12-13-14-15-18-25-44-42(48)51-33-23-24-38-36(30-33)40-34(22-17-20-27-47)32(21-16-19-26-46)29-35-37(45-49-4)31-39(53-7-3)43(52-38,41(35)40)50-28-6-2/h6,23-24,29-30,32,34,39-41,46-47H,2,5,7-22,25-28,31H2,1,3-4H3,(H,44,48). The van der Waals surface area contributed by atoms with Gasteiger partial charge >= 0.3 is 6.09 Å². The Hall–Kier alpha value is -2.53. The third-order valence-corrected chi connectivity index (χ3v) is 12.4. The summed E-state index contributed by atoms with van der Waals surface area (Å²) in [6.07, 6.45) is 21.8. The smallest absolute Gasteiger partial charge is 0.412 e. The number of allylic oxidation sites excluding steroid dienone is 1. The summed E-state index contributed by atoms with van der Waals surface area (Å²) >= 11 is 1.81. The van der Waals surface area contributed by atoms with Gasteiger partial charge in [0, 0.05) is 37.7 Å². The van der Waals surface area contributed by atoms with Crippen molar-refractivity contribution in [2.75, 3.05) is 39.2 Å². The molecule has 0 bridgehead atoms. The molecule has 1 aromatic carbocycles. The molecule has 6 unspecified atom stereocenters. The predicted molar refractivity (Wildman–Crippen MR) is 216 cm³/mol. The minimum Gasteiger partial charge on any atom is -0.460 e. The number of nitrogens with zero attached hydrogens (tertiary/aromatic N) is 1. The number of unbranched alkanes of at least 4 members (excludes halogenated alkanes) is 11. The van der Waals surface area contributed by atoms with Crippen molar-refractivity contribution in [2.45, 2.75) is 140 Å². The first-order valence-electron chi connectivity index (χ1n) is 20.7. The molecule has 3 aliphatic rings. The average molecular weight is 757 g/mol. The molecular formula is C43H68N2O7S. The van der Waals surface area contributed by atoms with Crippen molar-refractivity contribution < 1.29 is 34.1 Å². The molecule has 0 radical (unpaired) electrons. The fraction of sp³-hybridized carbons (Fsp3) is 0.721. The molecule has 1 aliphatic heterocycles. The van der Waals surface area contributed by atoms with E-state index < -0.39 is 11.9 Å². The molecule has 6 atom stereocenters. The Kier molecular flexibility index (Phi) is 19.1. The van der Waals surface area contributed by atoms with Crippen molar-refractivity contribution in [1.82, 2.24) is 5.32 Å². The number of carbonyl (C=O) groups is 1. The van der Waals surface area contributed by atoms with Crippen molar-refractivity contribution in [2.24, 2.45) is 22.9 Å². The summed E-state index contributed by atoms with van der Waals surface area (Å²) in [5.41, 5.74) is 3.00. The summed E-state index contributed by atoms with van der Waals surface area (Å²) in [5.74, 6) is 1.27. The lowest BCUT2D eigenvalue weighted by Crippen LogP contribution is -2.64. The molecule has 10 heteroatoms. The Balaban J connectivity index is 1.61. The summed E-state index contributed by atoms with van der Waals surface area (Å²) < 4.78 is 19.9. The fourth-order valence-corrected chi connectivity index (χ4v) is 9.97. The third kappa shape index (κ3) is 11.7. The number of rotatable bonds is 26.